The Balaban J connectivity index is 1.69. The highest BCUT2D eigenvalue weighted by Crippen LogP contribution is 2.28. The Morgan fingerprint density at radius 2 is 2.05 bits per heavy atom. The minimum Gasteiger partial charge on any atom is -0.481 e. The van der Waals surface area contributed by atoms with E-state index in [0.29, 0.717) is 15.9 Å². The molecule has 1 atom stereocenters. The molecule has 0 radical (unpaired) electrons. The Hall–Kier alpha value is -2.11. The SMILES string of the molecule is C[C@@H](Oc1ccccc1)C(=O)Nc1nc2ccc(Cl)cc2s1. The predicted octanol–water partition coefficient (Wildman–Crippen LogP) is 4.36. The first-order valence-electron chi connectivity index (χ1n) is 6.70. The van der Waals surface area contributed by atoms with E-state index in [1.807, 2.05) is 42.5 Å². The van der Waals surface area contributed by atoms with E-state index in [0.717, 1.165) is 10.2 Å². The zero-order valence-corrected chi connectivity index (χ0v) is 13.3. The van der Waals surface area contributed by atoms with Crippen LogP contribution in [0.1, 0.15) is 6.92 Å². The first-order valence-corrected chi connectivity index (χ1v) is 7.90. The Bertz CT molecular complexity index is 804. The number of hydrogen-bond acceptors (Lipinski definition) is 4. The summed E-state index contributed by atoms with van der Waals surface area (Å²) in [7, 11) is 0. The lowest BCUT2D eigenvalue weighted by Gasteiger charge is -2.13. The van der Waals surface area contributed by atoms with Gasteiger partial charge in [0.05, 0.1) is 10.2 Å². The van der Waals surface area contributed by atoms with Crippen LogP contribution < -0.4 is 10.1 Å². The number of carbonyl (C=O) groups is 1. The molecule has 0 fully saturated rings. The van der Waals surface area contributed by atoms with Crippen LogP contribution in [-0.2, 0) is 4.79 Å². The lowest BCUT2D eigenvalue weighted by atomic mass is 10.3. The molecule has 0 spiro atoms. The van der Waals surface area contributed by atoms with Gasteiger partial charge >= 0.3 is 0 Å². The fourth-order valence-electron chi connectivity index (χ4n) is 1.92. The zero-order valence-electron chi connectivity index (χ0n) is 11.7. The monoisotopic (exact) mass is 332 g/mol. The van der Waals surface area contributed by atoms with Crippen molar-refractivity contribution in [3.63, 3.8) is 0 Å². The number of carbonyl (C=O) groups excluding carboxylic acids is 1. The van der Waals surface area contributed by atoms with Crippen molar-refractivity contribution in [1.29, 1.82) is 0 Å². The van der Waals surface area contributed by atoms with Crippen LogP contribution in [0.3, 0.4) is 0 Å². The van der Waals surface area contributed by atoms with Gasteiger partial charge in [0.2, 0.25) is 0 Å². The zero-order chi connectivity index (χ0) is 15.5. The summed E-state index contributed by atoms with van der Waals surface area (Å²) in [6.07, 6.45) is -0.613. The van der Waals surface area contributed by atoms with Crippen molar-refractivity contribution in [2.24, 2.45) is 0 Å². The molecule has 0 aliphatic rings. The van der Waals surface area contributed by atoms with Crippen LogP contribution in [0.25, 0.3) is 10.2 Å². The largest absolute Gasteiger partial charge is 0.481 e. The number of hydrogen-bond donors (Lipinski definition) is 1. The van der Waals surface area contributed by atoms with Crippen LogP contribution in [0.15, 0.2) is 48.5 Å². The van der Waals surface area contributed by atoms with Gasteiger partial charge in [-0.15, -0.1) is 0 Å². The molecule has 6 heteroatoms. The lowest BCUT2D eigenvalue weighted by Crippen LogP contribution is -2.30. The topological polar surface area (TPSA) is 51.2 Å². The van der Waals surface area contributed by atoms with E-state index < -0.39 is 6.10 Å². The van der Waals surface area contributed by atoms with E-state index >= 15 is 0 Å². The average molecular weight is 333 g/mol. The molecule has 1 amide bonds. The molecule has 112 valence electrons. The predicted molar refractivity (Wildman–Crippen MR) is 89.8 cm³/mol. The van der Waals surface area contributed by atoms with Crippen LogP contribution >= 0.6 is 22.9 Å². The van der Waals surface area contributed by atoms with Gasteiger partial charge in [0, 0.05) is 5.02 Å². The maximum absolute atomic E-state index is 12.2. The van der Waals surface area contributed by atoms with E-state index in [4.69, 9.17) is 16.3 Å². The number of thiazole rings is 1. The van der Waals surface area contributed by atoms with E-state index in [1.54, 1.807) is 13.0 Å². The summed E-state index contributed by atoms with van der Waals surface area (Å²) < 4.78 is 6.52. The fourth-order valence-corrected chi connectivity index (χ4v) is 3.06. The van der Waals surface area contributed by atoms with Gasteiger partial charge in [0.15, 0.2) is 11.2 Å². The summed E-state index contributed by atoms with van der Waals surface area (Å²) in [5.74, 6) is 0.412. The van der Waals surface area contributed by atoms with Crippen molar-refractivity contribution in [2.45, 2.75) is 13.0 Å². The van der Waals surface area contributed by atoms with Crippen molar-refractivity contribution in [2.75, 3.05) is 5.32 Å². The normalized spacial score (nSPS) is 12.1. The summed E-state index contributed by atoms with van der Waals surface area (Å²) in [4.78, 5) is 16.5. The van der Waals surface area contributed by atoms with E-state index in [1.165, 1.54) is 11.3 Å². The second-order valence-electron chi connectivity index (χ2n) is 4.69. The number of fused-ring (bicyclic) bond motifs is 1. The summed E-state index contributed by atoms with van der Waals surface area (Å²) in [5.41, 5.74) is 0.807. The van der Waals surface area contributed by atoms with Crippen molar-refractivity contribution in [3.05, 3.63) is 53.6 Å². The number of aromatic nitrogens is 1. The van der Waals surface area contributed by atoms with Crippen LogP contribution in [0.4, 0.5) is 5.13 Å². The van der Waals surface area contributed by atoms with Gasteiger partial charge in [-0.1, -0.05) is 41.1 Å². The first-order chi connectivity index (χ1) is 10.6. The quantitative estimate of drug-likeness (QED) is 0.772. The first kappa shape index (κ1) is 14.8. The molecule has 1 aromatic heterocycles. The van der Waals surface area contributed by atoms with Gasteiger partial charge in [-0.3, -0.25) is 10.1 Å². The Kier molecular flexibility index (Phi) is 4.27. The van der Waals surface area contributed by atoms with Gasteiger partial charge in [0.25, 0.3) is 5.91 Å². The number of halogens is 1. The second kappa shape index (κ2) is 6.34. The third kappa shape index (κ3) is 3.37. The van der Waals surface area contributed by atoms with Gasteiger partial charge in [-0.2, -0.15) is 0 Å². The van der Waals surface area contributed by atoms with E-state index in [-0.39, 0.29) is 5.91 Å². The number of amides is 1. The third-order valence-electron chi connectivity index (χ3n) is 3.01. The average Bonchev–Trinajstić information content (AvgIpc) is 2.89. The fraction of sp³-hybridized carbons (Fsp3) is 0.125. The van der Waals surface area contributed by atoms with Crippen LogP contribution in [0, 0.1) is 0 Å². The molecule has 0 aliphatic heterocycles. The molecule has 0 saturated heterocycles. The number of para-hydroxylation sites is 1. The molecule has 0 aliphatic carbocycles. The molecule has 4 nitrogen and oxygen atoms in total. The highest BCUT2D eigenvalue weighted by atomic mass is 35.5. The molecule has 0 bridgehead atoms. The molecule has 3 rings (SSSR count). The molecule has 22 heavy (non-hydrogen) atoms. The van der Waals surface area contributed by atoms with Crippen LogP contribution in [0.5, 0.6) is 5.75 Å². The summed E-state index contributed by atoms with van der Waals surface area (Å²) in [5, 5.41) is 3.95. The van der Waals surface area contributed by atoms with Gasteiger partial charge in [-0.05, 0) is 37.3 Å². The van der Waals surface area contributed by atoms with Gasteiger partial charge in [0.1, 0.15) is 5.75 Å². The minimum atomic E-state index is -0.613. The Morgan fingerprint density at radius 1 is 1.27 bits per heavy atom. The number of nitrogens with one attached hydrogen (secondary N) is 1. The highest BCUT2D eigenvalue weighted by Gasteiger charge is 2.16. The van der Waals surface area contributed by atoms with Crippen LogP contribution in [0.2, 0.25) is 5.02 Å². The molecule has 3 aromatic rings. The number of benzene rings is 2. The molecular formula is C16H13ClN2O2S. The van der Waals surface area contributed by atoms with E-state index in [2.05, 4.69) is 10.3 Å². The molecule has 1 N–H and O–H groups in total. The number of ether oxygens (including phenoxy) is 1. The maximum atomic E-state index is 12.2. The molecule has 1 heterocycles. The number of nitrogens with zero attached hydrogens (tertiary/aromatic N) is 1. The molecule has 0 saturated carbocycles. The van der Waals surface area contributed by atoms with E-state index in [9.17, 15) is 4.79 Å². The van der Waals surface area contributed by atoms with Crippen molar-refractivity contribution >= 4 is 44.2 Å². The van der Waals surface area contributed by atoms with Crippen molar-refractivity contribution < 1.29 is 9.53 Å². The van der Waals surface area contributed by atoms with Crippen LogP contribution in [-0.4, -0.2) is 17.0 Å². The third-order valence-corrected chi connectivity index (χ3v) is 4.17. The number of anilines is 1. The smallest absolute Gasteiger partial charge is 0.266 e. The Labute approximate surface area is 136 Å². The van der Waals surface area contributed by atoms with Crippen molar-refractivity contribution in [1.82, 2.24) is 4.98 Å². The summed E-state index contributed by atoms with van der Waals surface area (Å²) >= 11 is 7.33. The van der Waals surface area contributed by atoms with Crippen molar-refractivity contribution in [3.8, 4) is 5.75 Å². The second-order valence-corrected chi connectivity index (χ2v) is 6.16. The number of rotatable bonds is 4. The van der Waals surface area contributed by atoms with Gasteiger partial charge in [-0.25, -0.2) is 4.98 Å². The summed E-state index contributed by atoms with van der Waals surface area (Å²) in [6, 6.07) is 14.7. The lowest BCUT2D eigenvalue weighted by molar-refractivity contribution is -0.122. The van der Waals surface area contributed by atoms with Gasteiger partial charge < -0.3 is 4.74 Å². The highest BCUT2D eigenvalue weighted by molar-refractivity contribution is 7.22. The molecule has 0 unspecified atom stereocenters. The Morgan fingerprint density at radius 3 is 2.82 bits per heavy atom. The summed E-state index contributed by atoms with van der Waals surface area (Å²) in [6.45, 7) is 1.70. The maximum Gasteiger partial charge on any atom is 0.266 e. The standard InChI is InChI=1S/C16H13ClN2O2S/c1-10(21-12-5-3-2-4-6-12)15(20)19-16-18-13-8-7-11(17)9-14(13)22-16/h2-10H,1H3,(H,18,19,20)/t10-/m1/s1. The molecular weight excluding hydrogens is 320 g/mol. The molecule has 2 aromatic carbocycles. The minimum absolute atomic E-state index is 0.242.